The van der Waals surface area contributed by atoms with Gasteiger partial charge in [0, 0.05) is 6.42 Å². The van der Waals surface area contributed by atoms with Crippen molar-refractivity contribution in [1.82, 2.24) is 0 Å². The molecule has 0 fully saturated rings. The third-order valence-corrected chi connectivity index (χ3v) is 3.14. The van der Waals surface area contributed by atoms with Crippen LogP contribution in [0, 0.1) is 11.3 Å². The molecule has 0 radical (unpaired) electrons. The number of hydrogen-bond donors (Lipinski definition) is 0. The quantitative estimate of drug-likeness (QED) is 0.557. The van der Waals surface area contributed by atoms with Gasteiger partial charge >= 0.3 is 5.97 Å². The molecule has 0 N–H and O–H groups in total. The molecule has 2 atom stereocenters. The molecule has 0 saturated heterocycles. The summed E-state index contributed by atoms with van der Waals surface area (Å²) >= 11 is 0. The molecular weight excluding hydrogens is 232 g/mol. The Labute approximate surface area is 107 Å². The number of ketones is 2. The second kappa shape index (κ2) is 4.67. The first-order valence-corrected chi connectivity index (χ1v) is 6.06. The number of ether oxygens (including phenoxy) is 1. The molecule has 0 spiro atoms. The van der Waals surface area contributed by atoms with Crippen LogP contribution in [-0.2, 0) is 19.1 Å². The summed E-state index contributed by atoms with van der Waals surface area (Å²) < 4.78 is 5.33. The lowest BCUT2D eigenvalue weighted by molar-refractivity contribution is -0.170. The van der Waals surface area contributed by atoms with Crippen LogP contribution in [0.5, 0.6) is 0 Å². The SMILES string of the molecule is CC(=O)[C@]1(C(=O)OC(C)(C)C)C=CC(=O)C[C@H]1C. The maximum atomic E-state index is 12.3. The number of Topliss-reactive ketones (excluding diaryl/α,β-unsaturated/α-hetero) is 1. The number of carbonyl (C=O) groups is 3. The van der Waals surface area contributed by atoms with E-state index in [1.165, 1.54) is 19.1 Å². The van der Waals surface area contributed by atoms with Crippen molar-refractivity contribution in [3.63, 3.8) is 0 Å². The molecule has 0 aromatic rings. The van der Waals surface area contributed by atoms with Crippen LogP contribution in [0.4, 0.5) is 0 Å². The highest BCUT2D eigenvalue weighted by atomic mass is 16.6. The van der Waals surface area contributed by atoms with E-state index >= 15 is 0 Å². The Hall–Kier alpha value is -1.45. The van der Waals surface area contributed by atoms with E-state index in [-0.39, 0.29) is 23.9 Å². The first-order valence-electron chi connectivity index (χ1n) is 6.06. The zero-order chi connectivity index (χ0) is 14.1. The molecule has 0 aliphatic heterocycles. The lowest BCUT2D eigenvalue weighted by atomic mass is 9.68. The first kappa shape index (κ1) is 14.6. The van der Waals surface area contributed by atoms with Gasteiger partial charge in [0.25, 0.3) is 0 Å². The van der Waals surface area contributed by atoms with Gasteiger partial charge < -0.3 is 4.74 Å². The Morgan fingerprint density at radius 1 is 1.39 bits per heavy atom. The third-order valence-electron chi connectivity index (χ3n) is 3.14. The number of hydrogen-bond acceptors (Lipinski definition) is 4. The fraction of sp³-hybridized carbons (Fsp3) is 0.643. The van der Waals surface area contributed by atoms with E-state index in [9.17, 15) is 14.4 Å². The molecule has 0 saturated carbocycles. The van der Waals surface area contributed by atoms with Gasteiger partial charge in [-0.3, -0.25) is 14.4 Å². The Morgan fingerprint density at radius 3 is 2.33 bits per heavy atom. The molecule has 1 aliphatic carbocycles. The Bertz CT molecular complexity index is 414. The molecule has 0 aromatic heterocycles. The molecule has 0 aromatic carbocycles. The topological polar surface area (TPSA) is 60.4 Å². The van der Waals surface area contributed by atoms with Gasteiger partial charge in [0.1, 0.15) is 11.0 Å². The Morgan fingerprint density at radius 2 is 1.94 bits per heavy atom. The van der Waals surface area contributed by atoms with Crippen LogP contribution in [0.15, 0.2) is 12.2 Å². The molecule has 4 nitrogen and oxygen atoms in total. The molecule has 100 valence electrons. The van der Waals surface area contributed by atoms with Crippen LogP contribution in [0.3, 0.4) is 0 Å². The van der Waals surface area contributed by atoms with Crippen LogP contribution in [0.25, 0.3) is 0 Å². The predicted octanol–water partition coefficient (Wildman–Crippen LogP) is 2.07. The molecule has 1 rings (SSSR count). The monoisotopic (exact) mass is 252 g/mol. The van der Waals surface area contributed by atoms with E-state index in [0.29, 0.717) is 0 Å². The maximum absolute atomic E-state index is 12.3. The molecule has 4 heteroatoms. The molecule has 18 heavy (non-hydrogen) atoms. The van der Waals surface area contributed by atoms with Crippen molar-refractivity contribution in [2.24, 2.45) is 11.3 Å². The van der Waals surface area contributed by atoms with Gasteiger partial charge in [-0.2, -0.15) is 0 Å². The molecule has 0 amide bonds. The van der Waals surface area contributed by atoms with Crippen LogP contribution in [-0.4, -0.2) is 23.1 Å². The van der Waals surface area contributed by atoms with Crippen LogP contribution in [0.2, 0.25) is 0 Å². The zero-order valence-electron chi connectivity index (χ0n) is 11.6. The van der Waals surface area contributed by atoms with E-state index in [1.807, 2.05) is 0 Å². The first-order chi connectivity index (χ1) is 8.09. The summed E-state index contributed by atoms with van der Waals surface area (Å²) in [6.07, 6.45) is 2.90. The van der Waals surface area contributed by atoms with Gasteiger partial charge in [-0.1, -0.05) is 13.0 Å². The fourth-order valence-electron chi connectivity index (χ4n) is 2.16. The normalized spacial score (nSPS) is 28.1. The van der Waals surface area contributed by atoms with Crippen molar-refractivity contribution >= 4 is 17.5 Å². The van der Waals surface area contributed by atoms with Gasteiger partial charge in [-0.05, 0) is 39.7 Å². The summed E-state index contributed by atoms with van der Waals surface area (Å²) in [5.41, 5.74) is -1.98. The minimum absolute atomic E-state index is 0.0667. The van der Waals surface area contributed by atoms with Crippen molar-refractivity contribution in [1.29, 1.82) is 0 Å². The van der Waals surface area contributed by atoms with E-state index in [1.54, 1.807) is 27.7 Å². The molecule has 0 heterocycles. The van der Waals surface area contributed by atoms with Crippen molar-refractivity contribution in [2.75, 3.05) is 0 Å². The van der Waals surface area contributed by atoms with Crippen LogP contribution in [0.1, 0.15) is 41.0 Å². The predicted molar refractivity (Wildman–Crippen MR) is 66.9 cm³/mol. The summed E-state index contributed by atoms with van der Waals surface area (Å²) in [4.78, 5) is 35.5. The molecule has 0 bridgehead atoms. The van der Waals surface area contributed by atoms with E-state index < -0.39 is 17.0 Å². The summed E-state index contributed by atoms with van der Waals surface area (Å²) in [6, 6.07) is 0. The van der Waals surface area contributed by atoms with Gasteiger partial charge in [0.05, 0.1) is 0 Å². The highest BCUT2D eigenvalue weighted by Crippen LogP contribution is 2.38. The van der Waals surface area contributed by atoms with Crippen LogP contribution < -0.4 is 0 Å². The third kappa shape index (κ3) is 2.68. The van der Waals surface area contributed by atoms with E-state index in [2.05, 4.69) is 0 Å². The summed E-state index contributed by atoms with van der Waals surface area (Å²) in [5, 5.41) is 0. The second-order valence-corrected chi connectivity index (χ2v) is 5.83. The van der Waals surface area contributed by atoms with Gasteiger partial charge in [-0.25, -0.2) is 0 Å². The Balaban J connectivity index is 3.17. The number of allylic oxidation sites excluding steroid dienone is 1. The second-order valence-electron chi connectivity index (χ2n) is 5.83. The summed E-state index contributed by atoms with van der Waals surface area (Å²) in [6.45, 7) is 8.34. The van der Waals surface area contributed by atoms with E-state index in [4.69, 9.17) is 4.74 Å². The maximum Gasteiger partial charge on any atom is 0.324 e. The summed E-state index contributed by atoms with van der Waals surface area (Å²) in [7, 11) is 0. The van der Waals surface area contributed by atoms with Crippen molar-refractivity contribution in [2.45, 2.75) is 46.6 Å². The lowest BCUT2D eigenvalue weighted by Gasteiger charge is -2.36. The van der Waals surface area contributed by atoms with Crippen molar-refractivity contribution in [3.05, 3.63) is 12.2 Å². The molecule has 0 unspecified atom stereocenters. The largest absolute Gasteiger partial charge is 0.459 e. The van der Waals surface area contributed by atoms with Crippen molar-refractivity contribution in [3.8, 4) is 0 Å². The van der Waals surface area contributed by atoms with Gasteiger partial charge in [0.15, 0.2) is 11.6 Å². The lowest BCUT2D eigenvalue weighted by Crippen LogP contribution is -2.47. The Kier molecular flexibility index (Phi) is 3.79. The zero-order valence-corrected chi connectivity index (χ0v) is 11.6. The number of rotatable bonds is 2. The van der Waals surface area contributed by atoms with Gasteiger partial charge in [0.2, 0.25) is 0 Å². The minimum atomic E-state index is -1.32. The number of carbonyl (C=O) groups excluding carboxylic acids is 3. The molecular formula is C14H20O4. The average molecular weight is 252 g/mol. The fourth-order valence-corrected chi connectivity index (χ4v) is 2.16. The standard InChI is InChI=1S/C14H20O4/c1-9-8-11(16)6-7-14(9,10(2)15)12(17)18-13(3,4)5/h6-7,9H,8H2,1-5H3/t9-,14+/m1/s1. The smallest absolute Gasteiger partial charge is 0.324 e. The molecule has 1 aliphatic rings. The average Bonchev–Trinajstić information content (AvgIpc) is 2.13. The van der Waals surface area contributed by atoms with Crippen LogP contribution >= 0.6 is 0 Å². The highest BCUT2D eigenvalue weighted by molar-refractivity contribution is 6.08. The van der Waals surface area contributed by atoms with Gasteiger partial charge in [-0.15, -0.1) is 0 Å². The van der Waals surface area contributed by atoms with Crippen molar-refractivity contribution < 1.29 is 19.1 Å². The highest BCUT2D eigenvalue weighted by Gasteiger charge is 2.50. The number of esters is 1. The summed E-state index contributed by atoms with van der Waals surface area (Å²) in [5.74, 6) is -1.29. The minimum Gasteiger partial charge on any atom is -0.459 e. The van der Waals surface area contributed by atoms with E-state index in [0.717, 1.165) is 0 Å².